The molecule has 34 heavy (non-hydrogen) atoms. The molecule has 4 rings (SSSR count). The van der Waals surface area contributed by atoms with Crippen molar-refractivity contribution in [2.75, 3.05) is 12.4 Å². The largest absolute Gasteiger partial charge is 0.504 e. The molecule has 0 bridgehead atoms. The van der Waals surface area contributed by atoms with Crippen molar-refractivity contribution in [3.8, 4) is 5.75 Å². The molecule has 2 aromatic heterocycles. The predicted molar refractivity (Wildman–Crippen MR) is 131 cm³/mol. The molecule has 1 saturated carbocycles. The van der Waals surface area contributed by atoms with Gasteiger partial charge in [0.15, 0.2) is 15.8 Å². The van der Waals surface area contributed by atoms with Gasteiger partial charge in [-0.25, -0.2) is 8.42 Å². The minimum absolute atomic E-state index is 0.0508. The van der Waals surface area contributed by atoms with Crippen LogP contribution in [0.2, 0.25) is 0 Å². The molecule has 0 saturated heterocycles. The van der Waals surface area contributed by atoms with Gasteiger partial charge in [-0.3, -0.25) is 0 Å². The molecule has 13 heteroatoms. The molecule has 0 aromatic carbocycles. The first-order valence-corrected chi connectivity index (χ1v) is 14.5. The van der Waals surface area contributed by atoms with Gasteiger partial charge >= 0.3 is 0 Å². The number of rotatable bonds is 7. The van der Waals surface area contributed by atoms with Crippen molar-refractivity contribution < 1.29 is 26.4 Å². The number of aromatic hydroxyl groups is 1. The Morgan fingerprint density at radius 2 is 1.97 bits per heavy atom. The molecule has 0 unspecified atom stereocenters. The Labute approximate surface area is 203 Å². The Morgan fingerprint density at radius 1 is 1.29 bits per heavy atom. The van der Waals surface area contributed by atoms with Gasteiger partial charge < -0.3 is 20.2 Å². The minimum Gasteiger partial charge on any atom is -0.504 e. The fourth-order valence-electron chi connectivity index (χ4n) is 3.58. The van der Waals surface area contributed by atoms with E-state index in [9.17, 15) is 21.9 Å². The third-order valence-corrected chi connectivity index (χ3v) is 9.98. The zero-order valence-electron chi connectivity index (χ0n) is 19.5. The molecule has 2 aromatic rings. The van der Waals surface area contributed by atoms with Gasteiger partial charge in [0.25, 0.3) is 20.0 Å². The number of nitrogens with zero attached hydrogens (tertiary/aromatic N) is 2. The van der Waals surface area contributed by atoms with E-state index in [1.54, 1.807) is 0 Å². The molecule has 1 fully saturated rings. The second kappa shape index (κ2) is 8.40. The number of sulfonamides is 2. The molecular formula is C21H28N4O6S3. The molecule has 0 spiro atoms. The number of nitrogens with one attached hydrogen (secondary N) is 2. The van der Waals surface area contributed by atoms with Crippen LogP contribution in [0.3, 0.4) is 0 Å². The standard InChI is InChI=1S/C21H28N4O6S3/c1-12-6-9-16(31-12)18(21(2,3)4)22-15-11-33(27,28)24-19(15)23-14-10-32-20(17(14)26)34(29,30)25(5)13-7-8-13/h6,9-11,13,18,22,26H,7-8H2,1-5H3,(H,23,24)/t18-/m0/s1. The van der Waals surface area contributed by atoms with Crippen LogP contribution in [-0.2, 0) is 20.0 Å². The zero-order valence-corrected chi connectivity index (χ0v) is 21.9. The minimum atomic E-state index is -3.92. The molecule has 1 aliphatic carbocycles. The van der Waals surface area contributed by atoms with Crippen molar-refractivity contribution in [1.29, 1.82) is 0 Å². The Balaban J connectivity index is 1.62. The second-order valence-electron chi connectivity index (χ2n) is 9.54. The van der Waals surface area contributed by atoms with Crippen LogP contribution in [0.15, 0.2) is 41.6 Å². The molecule has 0 radical (unpaired) electrons. The van der Waals surface area contributed by atoms with Crippen LogP contribution in [0.25, 0.3) is 0 Å². The van der Waals surface area contributed by atoms with E-state index >= 15 is 0 Å². The van der Waals surface area contributed by atoms with Crippen LogP contribution >= 0.6 is 11.3 Å². The lowest BCUT2D eigenvalue weighted by atomic mass is 9.85. The van der Waals surface area contributed by atoms with Gasteiger partial charge in [0.05, 0.1) is 22.8 Å². The molecule has 10 nitrogen and oxygen atoms in total. The van der Waals surface area contributed by atoms with E-state index in [-0.39, 0.29) is 32.9 Å². The van der Waals surface area contributed by atoms with Gasteiger partial charge in [-0.1, -0.05) is 20.8 Å². The number of aryl methyl sites for hydroxylation is 1. The molecule has 186 valence electrons. The van der Waals surface area contributed by atoms with Crippen LogP contribution in [0.4, 0.5) is 5.69 Å². The summed E-state index contributed by atoms with van der Waals surface area (Å²) in [6.45, 7) is 7.77. The molecule has 3 N–H and O–H groups in total. The summed E-state index contributed by atoms with van der Waals surface area (Å²) in [4.78, 5) is 0. The van der Waals surface area contributed by atoms with Crippen LogP contribution in [0.5, 0.6) is 5.75 Å². The first-order chi connectivity index (χ1) is 15.7. The highest BCUT2D eigenvalue weighted by Crippen LogP contribution is 2.42. The maximum absolute atomic E-state index is 12.9. The van der Waals surface area contributed by atoms with Crippen molar-refractivity contribution >= 4 is 42.9 Å². The summed E-state index contributed by atoms with van der Waals surface area (Å²) in [5.41, 5.74) is -0.126. The summed E-state index contributed by atoms with van der Waals surface area (Å²) in [6.07, 6.45) is 1.57. The topological polar surface area (TPSA) is 141 Å². The van der Waals surface area contributed by atoms with Gasteiger partial charge in [-0.2, -0.15) is 12.7 Å². The van der Waals surface area contributed by atoms with Crippen molar-refractivity contribution in [3.63, 3.8) is 0 Å². The number of anilines is 1. The van der Waals surface area contributed by atoms with Gasteiger partial charge in [-0.15, -0.1) is 15.7 Å². The van der Waals surface area contributed by atoms with Gasteiger partial charge in [0.1, 0.15) is 11.5 Å². The normalized spacial score (nSPS) is 19.1. The summed E-state index contributed by atoms with van der Waals surface area (Å²) < 4.78 is 60.9. The number of hydrogen-bond acceptors (Lipinski definition) is 9. The van der Waals surface area contributed by atoms with Crippen LogP contribution in [0, 0.1) is 12.3 Å². The van der Waals surface area contributed by atoms with Crippen molar-refractivity contribution in [3.05, 3.63) is 40.1 Å². The number of furan rings is 1. The third-order valence-electron chi connectivity index (χ3n) is 5.61. The average Bonchev–Trinajstić information content (AvgIpc) is 3.27. The lowest BCUT2D eigenvalue weighted by Gasteiger charge is -2.31. The van der Waals surface area contributed by atoms with E-state index in [2.05, 4.69) is 15.0 Å². The molecular weight excluding hydrogens is 500 g/mol. The average molecular weight is 529 g/mol. The van der Waals surface area contributed by atoms with E-state index in [4.69, 9.17) is 4.42 Å². The highest BCUT2D eigenvalue weighted by molar-refractivity contribution is 7.93. The van der Waals surface area contributed by atoms with Gasteiger partial charge in [0.2, 0.25) is 0 Å². The van der Waals surface area contributed by atoms with Gasteiger partial charge in [0, 0.05) is 18.5 Å². The predicted octanol–water partition coefficient (Wildman–Crippen LogP) is 3.51. The molecule has 1 aliphatic heterocycles. The quantitative estimate of drug-likeness (QED) is 0.496. The highest BCUT2D eigenvalue weighted by atomic mass is 32.2. The molecule has 3 heterocycles. The van der Waals surface area contributed by atoms with Gasteiger partial charge in [-0.05, 0) is 37.3 Å². The summed E-state index contributed by atoms with van der Waals surface area (Å²) in [5.74, 6) is 0.826. The lowest BCUT2D eigenvalue weighted by Crippen LogP contribution is -2.35. The van der Waals surface area contributed by atoms with Crippen molar-refractivity contribution in [2.24, 2.45) is 9.81 Å². The van der Waals surface area contributed by atoms with Crippen LogP contribution < -0.4 is 10.6 Å². The number of thiophene rings is 1. The maximum atomic E-state index is 12.9. The SMILES string of the molecule is Cc1ccc([C@H](NC2=CS(=O)(=O)N=C2Nc2csc(S(=O)(=O)N(C)C3CC3)c2O)C(C)(C)C)o1. The summed E-state index contributed by atoms with van der Waals surface area (Å²) in [6, 6.07) is 3.19. The fraction of sp³-hybridized carbons (Fsp3) is 0.476. The second-order valence-corrected chi connectivity index (χ2v) is 14.1. The van der Waals surface area contributed by atoms with Crippen molar-refractivity contribution in [1.82, 2.24) is 9.62 Å². The molecule has 0 amide bonds. The number of amidine groups is 1. The highest BCUT2D eigenvalue weighted by Gasteiger charge is 2.38. The fourth-order valence-corrected chi connectivity index (χ4v) is 7.33. The number of hydrogen-bond donors (Lipinski definition) is 3. The summed E-state index contributed by atoms with van der Waals surface area (Å²) in [5, 5.41) is 19.1. The first kappa shape index (κ1) is 24.8. The third kappa shape index (κ3) is 4.88. The van der Waals surface area contributed by atoms with Crippen molar-refractivity contribution in [2.45, 2.75) is 56.8 Å². The van der Waals surface area contributed by atoms with E-state index in [0.717, 1.165) is 35.3 Å². The maximum Gasteiger partial charge on any atom is 0.279 e. The Kier molecular flexibility index (Phi) is 6.12. The van der Waals surface area contributed by atoms with E-state index in [1.165, 1.54) is 16.7 Å². The summed E-state index contributed by atoms with van der Waals surface area (Å²) in [7, 11) is -6.30. The Morgan fingerprint density at radius 3 is 2.53 bits per heavy atom. The van der Waals surface area contributed by atoms with E-state index < -0.39 is 31.8 Å². The monoisotopic (exact) mass is 528 g/mol. The molecule has 2 aliphatic rings. The lowest BCUT2D eigenvalue weighted by molar-refractivity contribution is 0.251. The summed E-state index contributed by atoms with van der Waals surface area (Å²) >= 11 is 0.857. The van der Waals surface area contributed by atoms with E-state index in [0.29, 0.717) is 5.76 Å². The Hall–Kier alpha value is -2.35. The Bertz CT molecular complexity index is 1380. The van der Waals surface area contributed by atoms with Crippen LogP contribution in [-0.4, -0.2) is 45.2 Å². The van der Waals surface area contributed by atoms with Crippen LogP contribution in [0.1, 0.15) is 51.2 Å². The first-order valence-electron chi connectivity index (χ1n) is 10.6. The van der Waals surface area contributed by atoms with E-state index in [1.807, 2.05) is 39.8 Å². The zero-order chi connectivity index (χ0) is 25.1. The smallest absolute Gasteiger partial charge is 0.279 e. The molecule has 1 atom stereocenters.